The molecule has 8 aromatic carbocycles. The molecule has 0 saturated heterocycles. The van der Waals surface area contributed by atoms with Gasteiger partial charge in [0.1, 0.15) is 11.5 Å². The minimum absolute atomic E-state index is 0.535. The Morgan fingerprint density at radius 2 is 0.982 bits per heavy atom. The van der Waals surface area contributed by atoms with Gasteiger partial charge in [-0.05, 0) is 45.7 Å². The van der Waals surface area contributed by atoms with E-state index < -0.39 is 5.41 Å². The summed E-state index contributed by atoms with van der Waals surface area (Å²) in [6, 6.07) is 66.5. The Morgan fingerprint density at radius 1 is 0.429 bits per heavy atom. The zero-order valence-electron chi connectivity index (χ0n) is 30.2. The molecule has 0 atom stereocenters. The quantitative estimate of drug-likeness (QED) is 0.161. The predicted octanol–water partition coefficient (Wildman–Crippen LogP) is 12.7. The Kier molecular flexibility index (Phi) is 8.01. The Balaban J connectivity index is 1.16. The van der Waals surface area contributed by atoms with Crippen molar-refractivity contribution in [2.45, 2.75) is 5.41 Å². The van der Waals surface area contributed by atoms with Crippen LogP contribution in [0.5, 0.6) is 11.5 Å². The predicted molar refractivity (Wildman–Crippen MR) is 224 cm³/mol. The van der Waals surface area contributed by atoms with Crippen LogP contribution in [0.4, 0.5) is 5.69 Å². The lowest BCUT2D eigenvalue weighted by atomic mass is 9.63. The van der Waals surface area contributed by atoms with Gasteiger partial charge in [-0.15, -0.1) is 0 Å². The lowest BCUT2D eigenvalue weighted by molar-refractivity contribution is 0.436. The number of fused-ring (bicyclic) bond motifs is 3. The first-order chi connectivity index (χ1) is 27.7. The molecule has 0 bridgehead atoms. The third kappa shape index (κ3) is 5.52. The maximum absolute atomic E-state index is 7.45. The van der Waals surface area contributed by atoms with Crippen molar-refractivity contribution < 1.29 is 4.74 Å². The minimum Gasteiger partial charge on any atom is -0.456 e. The molecule has 0 fully saturated rings. The van der Waals surface area contributed by atoms with Crippen molar-refractivity contribution in [1.82, 2.24) is 15.0 Å². The summed E-state index contributed by atoms with van der Waals surface area (Å²) >= 11 is 0. The first-order valence-corrected chi connectivity index (χ1v) is 18.5. The van der Waals surface area contributed by atoms with E-state index in [-0.39, 0.29) is 0 Å². The zero-order valence-corrected chi connectivity index (χ0v) is 30.2. The van der Waals surface area contributed by atoms with E-state index in [2.05, 4.69) is 144 Å². The molecule has 0 amide bonds. The van der Waals surface area contributed by atoms with E-state index in [0.717, 1.165) is 72.3 Å². The highest BCUT2D eigenvalue weighted by Gasteiger charge is 2.45. The van der Waals surface area contributed by atoms with Crippen LogP contribution in [0, 0.1) is 6.57 Å². The second-order valence-electron chi connectivity index (χ2n) is 13.9. The van der Waals surface area contributed by atoms with Crippen LogP contribution in [-0.2, 0) is 5.41 Å². The zero-order chi connectivity index (χ0) is 37.5. The molecule has 5 nitrogen and oxygen atoms in total. The number of aromatic nitrogens is 3. The summed E-state index contributed by atoms with van der Waals surface area (Å²) in [5, 5.41) is 2.25. The molecule has 262 valence electrons. The van der Waals surface area contributed by atoms with Crippen LogP contribution in [0.25, 0.3) is 60.9 Å². The van der Waals surface area contributed by atoms with Gasteiger partial charge in [-0.2, -0.15) is 0 Å². The molecule has 1 aromatic heterocycles. The fourth-order valence-electron chi connectivity index (χ4n) is 8.06. The lowest BCUT2D eigenvalue weighted by Crippen LogP contribution is -2.34. The Bertz CT molecular complexity index is 2910. The normalized spacial score (nSPS) is 12.6. The number of hydrogen-bond donors (Lipinski definition) is 0. The van der Waals surface area contributed by atoms with Crippen molar-refractivity contribution in [3.63, 3.8) is 0 Å². The third-order valence-electron chi connectivity index (χ3n) is 10.7. The summed E-state index contributed by atoms with van der Waals surface area (Å²) in [6.07, 6.45) is 0. The number of ether oxygens (including phenoxy) is 1. The van der Waals surface area contributed by atoms with Crippen molar-refractivity contribution in [1.29, 1.82) is 0 Å². The highest BCUT2D eigenvalue weighted by atomic mass is 16.5. The van der Waals surface area contributed by atoms with Crippen molar-refractivity contribution in [2.75, 3.05) is 0 Å². The lowest BCUT2D eigenvalue weighted by Gasteiger charge is -2.42. The molecular weight excluding hydrogens is 685 g/mol. The van der Waals surface area contributed by atoms with Crippen molar-refractivity contribution >= 4 is 16.5 Å². The molecule has 0 spiro atoms. The van der Waals surface area contributed by atoms with Gasteiger partial charge in [0.05, 0.1) is 12.0 Å². The van der Waals surface area contributed by atoms with Gasteiger partial charge in [0, 0.05) is 33.4 Å². The Labute approximate surface area is 325 Å². The number of nitrogens with zero attached hydrogens (tertiary/aromatic N) is 4. The molecule has 5 heteroatoms. The van der Waals surface area contributed by atoms with Crippen LogP contribution in [0.15, 0.2) is 194 Å². The Hall–Kier alpha value is -7.68. The largest absolute Gasteiger partial charge is 0.456 e. The van der Waals surface area contributed by atoms with E-state index in [1.54, 1.807) is 12.1 Å². The number of para-hydroxylation sites is 2. The summed E-state index contributed by atoms with van der Waals surface area (Å²) in [6.45, 7) is 7.45. The van der Waals surface area contributed by atoms with E-state index in [0.29, 0.717) is 23.2 Å². The van der Waals surface area contributed by atoms with Gasteiger partial charge >= 0.3 is 0 Å². The maximum atomic E-state index is 7.45. The van der Waals surface area contributed by atoms with Gasteiger partial charge in [0.15, 0.2) is 23.2 Å². The monoisotopic (exact) mass is 716 g/mol. The van der Waals surface area contributed by atoms with E-state index >= 15 is 0 Å². The van der Waals surface area contributed by atoms with Crippen LogP contribution in [0.3, 0.4) is 0 Å². The standard InChI is InChI=1S/C51H32N4O/c1-52-42-30-28-35(29-31-42)48-53-49(55-50(54-48)39-27-26-34-14-8-9-15-36(34)32-39)38-17-12-16-37(33-38)43-22-13-24-45-47(43)56-46-25-11-10-23-44(46)51(45,40-18-4-2-5-19-40)41-20-6-3-7-21-41/h2-33H. The average molecular weight is 717 g/mol. The highest BCUT2D eigenvalue weighted by Crippen LogP contribution is 2.57. The van der Waals surface area contributed by atoms with Crippen molar-refractivity contribution in [3.05, 3.63) is 228 Å². The van der Waals surface area contributed by atoms with Gasteiger partial charge in [-0.25, -0.2) is 19.8 Å². The summed E-state index contributed by atoms with van der Waals surface area (Å²) in [7, 11) is 0. The molecule has 2 heterocycles. The molecule has 0 unspecified atom stereocenters. The Morgan fingerprint density at radius 3 is 1.70 bits per heavy atom. The number of hydrogen-bond acceptors (Lipinski definition) is 4. The molecular formula is C51H32N4O. The average Bonchev–Trinajstić information content (AvgIpc) is 3.28. The molecule has 10 rings (SSSR count). The maximum Gasteiger partial charge on any atom is 0.187 e. The van der Waals surface area contributed by atoms with Crippen LogP contribution in [0.1, 0.15) is 22.3 Å². The molecule has 0 aliphatic carbocycles. The fraction of sp³-hybridized carbons (Fsp3) is 0.0196. The fourth-order valence-corrected chi connectivity index (χ4v) is 8.06. The van der Waals surface area contributed by atoms with Crippen molar-refractivity contribution in [2.24, 2.45) is 0 Å². The molecule has 0 N–H and O–H groups in total. The van der Waals surface area contributed by atoms with Crippen LogP contribution in [-0.4, -0.2) is 15.0 Å². The van der Waals surface area contributed by atoms with Gasteiger partial charge in [-0.3, -0.25) is 0 Å². The smallest absolute Gasteiger partial charge is 0.187 e. The van der Waals surface area contributed by atoms with Crippen LogP contribution in [0.2, 0.25) is 0 Å². The first kappa shape index (κ1) is 32.9. The van der Waals surface area contributed by atoms with E-state index in [1.165, 1.54) is 0 Å². The molecule has 0 radical (unpaired) electrons. The summed E-state index contributed by atoms with van der Waals surface area (Å²) in [4.78, 5) is 18.7. The van der Waals surface area contributed by atoms with Crippen LogP contribution >= 0.6 is 0 Å². The SMILES string of the molecule is [C-]#[N+]c1ccc(-c2nc(-c3cccc(-c4cccc5c4Oc4ccccc4C5(c4ccccc4)c4ccccc4)c3)nc(-c3ccc4ccccc4c3)n2)cc1. The van der Waals surface area contributed by atoms with Crippen molar-refractivity contribution in [3.8, 4) is 56.8 Å². The first-order valence-electron chi connectivity index (χ1n) is 18.5. The second kappa shape index (κ2) is 13.6. The minimum atomic E-state index is -0.624. The third-order valence-corrected chi connectivity index (χ3v) is 10.7. The van der Waals surface area contributed by atoms with E-state index in [4.69, 9.17) is 26.3 Å². The van der Waals surface area contributed by atoms with Crippen LogP contribution < -0.4 is 4.74 Å². The molecule has 9 aromatic rings. The number of benzene rings is 8. The second-order valence-corrected chi connectivity index (χ2v) is 13.9. The topological polar surface area (TPSA) is 52.3 Å². The van der Waals surface area contributed by atoms with E-state index in [1.807, 2.05) is 42.5 Å². The molecule has 0 saturated carbocycles. The summed E-state index contributed by atoms with van der Waals surface area (Å²) < 4.78 is 6.95. The highest BCUT2D eigenvalue weighted by molar-refractivity contribution is 5.87. The van der Waals surface area contributed by atoms with Gasteiger partial charge in [0.25, 0.3) is 0 Å². The van der Waals surface area contributed by atoms with E-state index in [9.17, 15) is 0 Å². The summed E-state index contributed by atoms with van der Waals surface area (Å²) in [5.74, 6) is 3.29. The van der Waals surface area contributed by atoms with Gasteiger partial charge in [-0.1, -0.05) is 176 Å². The molecule has 1 aliphatic heterocycles. The van der Waals surface area contributed by atoms with Gasteiger partial charge < -0.3 is 4.74 Å². The van der Waals surface area contributed by atoms with Gasteiger partial charge in [0.2, 0.25) is 0 Å². The summed E-state index contributed by atoms with van der Waals surface area (Å²) in [5.41, 5.74) is 8.92. The molecule has 56 heavy (non-hydrogen) atoms. The molecule has 1 aliphatic rings. The number of rotatable bonds is 6.